The molecule has 0 aliphatic carbocycles. The van der Waals surface area contributed by atoms with Crippen LogP contribution in [-0.4, -0.2) is 40.9 Å². The second-order valence-corrected chi connectivity index (χ2v) is 7.07. The van der Waals surface area contributed by atoms with Crippen LogP contribution in [-0.2, 0) is 12.8 Å². The van der Waals surface area contributed by atoms with Crippen LogP contribution in [0.5, 0.6) is 5.75 Å². The monoisotopic (exact) mass is 339 g/mol. The van der Waals surface area contributed by atoms with Crippen molar-refractivity contribution in [3.05, 3.63) is 47.9 Å². The highest BCUT2D eigenvalue weighted by atomic mass is 16.5. The molecule has 0 unspecified atom stereocenters. The second kappa shape index (κ2) is 7.40. The van der Waals surface area contributed by atoms with Crippen molar-refractivity contribution in [1.29, 1.82) is 0 Å². The van der Waals surface area contributed by atoms with Crippen molar-refractivity contribution in [2.75, 3.05) is 24.6 Å². The molecule has 132 valence electrons. The van der Waals surface area contributed by atoms with Crippen LogP contribution in [0.1, 0.15) is 30.7 Å². The molecular formula is C20H25N3O2. The predicted molar refractivity (Wildman–Crippen MR) is 96.9 cm³/mol. The fourth-order valence-electron chi connectivity index (χ4n) is 3.75. The van der Waals surface area contributed by atoms with Gasteiger partial charge in [-0.15, -0.1) is 0 Å². The minimum absolute atomic E-state index is 0.163. The van der Waals surface area contributed by atoms with E-state index in [0.717, 1.165) is 69.2 Å². The Labute approximate surface area is 148 Å². The Morgan fingerprint density at radius 2 is 1.96 bits per heavy atom. The molecule has 1 aromatic carbocycles. The van der Waals surface area contributed by atoms with Gasteiger partial charge in [-0.05, 0) is 49.3 Å². The number of anilines is 1. The lowest BCUT2D eigenvalue weighted by Gasteiger charge is -2.30. The smallest absolute Gasteiger partial charge is 0.132 e. The number of piperidine rings is 1. The van der Waals surface area contributed by atoms with E-state index in [2.05, 4.69) is 28.1 Å². The van der Waals surface area contributed by atoms with E-state index in [1.165, 1.54) is 5.56 Å². The van der Waals surface area contributed by atoms with E-state index in [0.29, 0.717) is 5.92 Å². The van der Waals surface area contributed by atoms with Gasteiger partial charge in [-0.1, -0.05) is 18.2 Å². The van der Waals surface area contributed by atoms with Crippen LogP contribution in [0.15, 0.2) is 36.5 Å². The minimum atomic E-state index is -0.163. The highest BCUT2D eigenvalue weighted by Gasteiger charge is 2.21. The highest BCUT2D eigenvalue weighted by molar-refractivity contribution is 5.38. The summed E-state index contributed by atoms with van der Waals surface area (Å²) in [6.07, 6.45) is 6.25. The Morgan fingerprint density at radius 3 is 2.84 bits per heavy atom. The number of benzene rings is 1. The summed E-state index contributed by atoms with van der Waals surface area (Å²) >= 11 is 0. The van der Waals surface area contributed by atoms with Crippen molar-refractivity contribution >= 4 is 5.82 Å². The molecule has 0 radical (unpaired) electrons. The summed E-state index contributed by atoms with van der Waals surface area (Å²) in [6.45, 7) is 2.48. The van der Waals surface area contributed by atoms with Gasteiger partial charge in [0.2, 0.25) is 0 Å². The van der Waals surface area contributed by atoms with Crippen LogP contribution in [0.4, 0.5) is 5.82 Å². The summed E-state index contributed by atoms with van der Waals surface area (Å²) in [5.74, 6) is 3.42. The molecule has 1 fully saturated rings. The first-order chi connectivity index (χ1) is 12.3. The SMILES string of the molecule is OC1CCN(c2ccnc(C[C@H]3CCOc4ccccc4C3)n2)CC1. The first-order valence-electron chi connectivity index (χ1n) is 9.23. The number of hydrogen-bond donors (Lipinski definition) is 1. The van der Waals surface area contributed by atoms with E-state index in [1.807, 2.05) is 18.3 Å². The third-order valence-electron chi connectivity index (χ3n) is 5.22. The zero-order valence-corrected chi connectivity index (χ0v) is 14.5. The van der Waals surface area contributed by atoms with Crippen LogP contribution < -0.4 is 9.64 Å². The van der Waals surface area contributed by atoms with Gasteiger partial charge in [0, 0.05) is 25.7 Å². The summed E-state index contributed by atoms with van der Waals surface area (Å²) in [5, 5.41) is 9.68. The summed E-state index contributed by atoms with van der Waals surface area (Å²) in [7, 11) is 0. The van der Waals surface area contributed by atoms with Gasteiger partial charge in [-0.25, -0.2) is 9.97 Å². The van der Waals surface area contributed by atoms with Crippen LogP contribution >= 0.6 is 0 Å². The molecule has 0 spiro atoms. The molecule has 0 amide bonds. The zero-order chi connectivity index (χ0) is 17.1. The maximum atomic E-state index is 9.68. The molecular weight excluding hydrogens is 314 g/mol. The summed E-state index contributed by atoms with van der Waals surface area (Å²) in [6, 6.07) is 10.3. The van der Waals surface area contributed by atoms with Crippen molar-refractivity contribution < 1.29 is 9.84 Å². The summed E-state index contributed by atoms with van der Waals surface area (Å²) in [4.78, 5) is 11.5. The molecule has 1 atom stereocenters. The fourth-order valence-corrected chi connectivity index (χ4v) is 3.75. The van der Waals surface area contributed by atoms with E-state index < -0.39 is 0 Å². The van der Waals surface area contributed by atoms with E-state index in [9.17, 15) is 5.11 Å². The van der Waals surface area contributed by atoms with Gasteiger partial charge in [0.05, 0.1) is 12.7 Å². The first-order valence-corrected chi connectivity index (χ1v) is 9.23. The Bertz CT molecular complexity index is 714. The summed E-state index contributed by atoms with van der Waals surface area (Å²) in [5.41, 5.74) is 1.28. The van der Waals surface area contributed by atoms with Crippen molar-refractivity contribution in [3.8, 4) is 5.75 Å². The van der Waals surface area contributed by atoms with Gasteiger partial charge in [0.25, 0.3) is 0 Å². The second-order valence-electron chi connectivity index (χ2n) is 7.07. The van der Waals surface area contributed by atoms with Crippen LogP contribution in [0.2, 0.25) is 0 Å². The lowest BCUT2D eigenvalue weighted by Crippen LogP contribution is -2.36. The van der Waals surface area contributed by atoms with Gasteiger partial charge in [-0.2, -0.15) is 0 Å². The first kappa shape index (κ1) is 16.3. The van der Waals surface area contributed by atoms with E-state index in [1.54, 1.807) is 0 Å². The molecule has 3 heterocycles. The molecule has 1 aromatic heterocycles. The average molecular weight is 339 g/mol. The van der Waals surface area contributed by atoms with E-state index in [-0.39, 0.29) is 6.10 Å². The highest BCUT2D eigenvalue weighted by Crippen LogP contribution is 2.28. The lowest BCUT2D eigenvalue weighted by molar-refractivity contribution is 0.145. The normalized spacial score (nSPS) is 21.3. The van der Waals surface area contributed by atoms with Crippen molar-refractivity contribution in [1.82, 2.24) is 9.97 Å². The van der Waals surface area contributed by atoms with Crippen molar-refractivity contribution in [2.24, 2.45) is 5.92 Å². The maximum Gasteiger partial charge on any atom is 0.132 e. The number of rotatable bonds is 3. The van der Waals surface area contributed by atoms with E-state index in [4.69, 9.17) is 9.72 Å². The third-order valence-corrected chi connectivity index (χ3v) is 5.22. The van der Waals surface area contributed by atoms with Gasteiger partial charge in [-0.3, -0.25) is 0 Å². The Hall–Kier alpha value is -2.14. The Morgan fingerprint density at radius 1 is 1.12 bits per heavy atom. The molecule has 1 saturated heterocycles. The number of aromatic nitrogens is 2. The van der Waals surface area contributed by atoms with Crippen LogP contribution in [0, 0.1) is 5.92 Å². The molecule has 5 nitrogen and oxygen atoms in total. The zero-order valence-electron chi connectivity index (χ0n) is 14.5. The number of para-hydroxylation sites is 1. The number of ether oxygens (including phenoxy) is 1. The molecule has 0 saturated carbocycles. The van der Waals surface area contributed by atoms with Crippen LogP contribution in [0.25, 0.3) is 0 Å². The Kier molecular flexibility index (Phi) is 4.83. The van der Waals surface area contributed by atoms with Gasteiger partial charge >= 0.3 is 0 Å². The fraction of sp³-hybridized carbons (Fsp3) is 0.500. The maximum absolute atomic E-state index is 9.68. The molecule has 2 aromatic rings. The molecule has 2 aliphatic rings. The Balaban J connectivity index is 1.45. The third kappa shape index (κ3) is 3.93. The minimum Gasteiger partial charge on any atom is -0.493 e. The average Bonchev–Trinajstić information content (AvgIpc) is 2.84. The van der Waals surface area contributed by atoms with Gasteiger partial charge in [0.15, 0.2) is 0 Å². The van der Waals surface area contributed by atoms with Gasteiger partial charge in [0.1, 0.15) is 17.4 Å². The number of fused-ring (bicyclic) bond motifs is 1. The molecule has 2 aliphatic heterocycles. The predicted octanol–water partition coefficient (Wildman–Crippen LogP) is 2.62. The number of aliphatic hydroxyl groups is 1. The number of nitrogens with zero attached hydrogens (tertiary/aromatic N) is 3. The molecule has 5 heteroatoms. The van der Waals surface area contributed by atoms with Crippen molar-refractivity contribution in [2.45, 2.75) is 38.2 Å². The quantitative estimate of drug-likeness (QED) is 0.931. The molecule has 0 bridgehead atoms. The van der Waals surface area contributed by atoms with Gasteiger partial charge < -0.3 is 14.7 Å². The standard InChI is InChI=1S/C20H25N3O2/c24-17-6-10-23(11-7-17)20-5-9-21-19(22-20)14-15-8-12-25-18-4-2-1-3-16(18)13-15/h1-5,9,15,17,24H,6-8,10-14H2/t15-/m0/s1. The van der Waals surface area contributed by atoms with E-state index >= 15 is 0 Å². The van der Waals surface area contributed by atoms with Crippen molar-refractivity contribution in [3.63, 3.8) is 0 Å². The topological polar surface area (TPSA) is 58.5 Å². The largest absolute Gasteiger partial charge is 0.493 e. The number of hydrogen-bond acceptors (Lipinski definition) is 5. The lowest BCUT2D eigenvalue weighted by atomic mass is 9.93. The molecule has 25 heavy (non-hydrogen) atoms. The summed E-state index contributed by atoms with van der Waals surface area (Å²) < 4.78 is 5.87. The van der Waals surface area contributed by atoms with Crippen LogP contribution in [0.3, 0.4) is 0 Å². The number of aliphatic hydroxyl groups excluding tert-OH is 1. The molecule has 1 N–H and O–H groups in total. The molecule has 4 rings (SSSR count).